The van der Waals surface area contributed by atoms with Gasteiger partial charge in [0.25, 0.3) is 0 Å². The van der Waals surface area contributed by atoms with E-state index in [1.165, 1.54) is 5.56 Å². The molecular weight excluding hydrogens is 328 g/mol. The second kappa shape index (κ2) is 5.64. The molecule has 6 heteroatoms. The maximum absolute atomic E-state index is 6.10. The predicted octanol–water partition coefficient (Wildman–Crippen LogP) is 3.19. The molecule has 1 saturated heterocycles. The van der Waals surface area contributed by atoms with Gasteiger partial charge in [-0.25, -0.2) is 4.68 Å². The van der Waals surface area contributed by atoms with E-state index in [4.69, 9.17) is 9.47 Å². The summed E-state index contributed by atoms with van der Waals surface area (Å²) in [6, 6.07) is 16.5. The van der Waals surface area contributed by atoms with E-state index >= 15 is 0 Å². The third-order valence-electron chi connectivity index (χ3n) is 5.11. The molecule has 6 nitrogen and oxygen atoms in total. The fourth-order valence-electron chi connectivity index (χ4n) is 3.66. The van der Waals surface area contributed by atoms with E-state index in [1.807, 2.05) is 35.0 Å². The van der Waals surface area contributed by atoms with Crippen LogP contribution in [0, 0.1) is 0 Å². The van der Waals surface area contributed by atoms with E-state index in [0.29, 0.717) is 0 Å². The highest BCUT2D eigenvalue weighted by Crippen LogP contribution is 2.54. The van der Waals surface area contributed by atoms with Crippen LogP contribution in [0.25, 0.3) is 11.4 Å². The van der Waals surface area contributed by atoms with Crippen molar-refractivity contribution in [3.63, 3.8) is 0 Å². The third-order valence-corrected chi connectivity index (χ3v) is 5.11. The Kier molecular flexibility index (Phi) is 3.37. The van der Waals surface area contributed by atoms with Gasteiger partial charge in [0.2, 0.25) is 0 Å². The number of rotatable bonds is 4. The van der Waals surface area contributed by atoms with Crippen molar-refractivity contribution in [1.82, 2.24) is 20.2 Å². The van der Waals surface area contributed by atoms with Crippen LogP contribution in [0.4, 0.5) is 0 Å². The largest absolute Gasteiger partial charge is 0.485 e. The van der Waals surface area contributed by atoms with Crippen molar-refractivity contribution in [2.24, 2.45) is 0 Å². The highest BCUT2D eigenvalue weighted by Gasteiger charge is 2.56. The number of epoxide rings is 1. The lowest BCUT2D eigenvalue weighted by Gasteiger charge is -2.29. The van der Waals surface area contributed by atoms with Crippen LogP contribution in [0.5, 0.6) is 5.75 Å². The standard InChI is InChI=1S/C20H20N4O2/c1-20(2)18-17(25-18)15-12-14(8-9-16(15)26-20)19-21-22-23-24(19)11-10-13-6-4-3-5-7-13/h3-9,12,17-18H,10-11H2,1-2H3/t17-,18-/m0/s1. The lowest BCUT2D eigenvalue weighted by atomic mass is 9.93. The monoisotopic (exact) mass is 348 g/mol. The Bertz CT molecular complexity index is 951. The van der Waals surface area contributed by atoms with Crippen molar-refractivity contribution < 1.29 is 9.47 Å². The quantitative estimate of drug-likeness (QED) is 0.678. The van der Waals surface area contributed by atoms with Gasteiger partial charge in [-0.15, -0.1) is 5.10 Å². The molecule has 1 aromatic heterocycles. The van der Waals surface area contributed by atoms with Gasteiger partial charge in [0.1, 0.15) is 23.6 Å². The van der Waals surface area contributed by atoms with Crippen LogP contribution >= 0.6 is 0 Å². The molecule has 3 aromatic rings. The minimum absolute atomic E-state index is 0.113. The number of tetrazole rings is 1. The van der Waals surface area contributed by atoms with E-state index in [2.05, 4.69) is 47.6 Å². The van der Waals surface area contributed by atoms with Crippen molar-refractivity contribution in [1.29, 1.82) is 0 Å². The SMILES string of the molecule is CC1(C)Oc2ccc(-c3nnnn3CCc3ccccc3)cc2[C@@H]2O[C@@H]21. The lowest BCUT2D eigenvalue weighted by Crippen LogP contribution is -2.37. The number of hydrogen-bond donors (Lipinski definition) is 0. The van der Waals surface area contributed by atoms with Crippen LogP contribution in [0.3, 0.4) is 0 Å². The average Bonchev–Trinajstić information content (AvgIpc) is 3.34. The molecule has 0 radical (unpaired) electrons. The zero-order valence-corrected chi connectivity index (χ0v) is 14.8. The Morgan fingerprint density at radius 3 is 2.81 bits per heavy atom. The van der Waals surface area contributed by atoms with E-state index < -0.39 is 0 Å². The first kappa shape index (κ1) is 15.5. The molecule has 0 saturated carbocycles. The van der Waals surface area contributed by atoms with Gasteiger partial charge in [-0.1, -0.05) is 30.3 Å². The van der Waals surface area contributed by atoms with Gasteiger partial charge >= 0.3 is 0 Å². The molecule has 26 heavy (non-hydrogen) atoms. The van der Waals surface area contributed by atoms with Gasteiger partial charge in [-0.3, -0.25) is 0 Å². The topological polar surface area (TPSA) is 65.4 Å². The zero-order valence-electron chi connectivity index (χ0n) is 14.8. The molecule has 2 aliphatic heterocycles. The summed E-state index contributed by atoms with van der Waals surface area (Å²) in [6.45, 7) is 4.87. The molecule has 2 aliphatic rings. The van der Waals surface area contributed by atoms with Gasteiger partial charge in [-0.2, -0.15) is 0 Å². The number of ether oxygens (including phenoxy) is 2. The van der Waals surface area contributed by atoms with Crippen LogP contribution in [0.15, 0.2) is 48.5 Å². The van der Waals surface area contributed by atoms with Gasteiger partial charge < -0.3 is 9.47 Å². The Labute approximate surface area is 151 Å². The van der Waals surface area contributed by atoms with Gasteiger partial charge in [0.05, 0.1) is 0 Å². The van der Waals surface area contributed by atoms with E-state index in [-0.39, 0.29) is 17.8 Å². The van der Waals surface area contributed by atoms with Gasteiger partial charge in [0, 0.05) is 17.7 Å². The van der Waals surface area contributed by atoms with Crippen molar-refractivity contribution in [3.8, 4) is 17.1 Å². The first-order valence-corrected chi connectivity index (χ1v) is 8.91. The molecule has 2 aromatic carbocycles. The van der Waals surface area contributed by atoms with E-state index in [1.54, 1.807) is 0 Å². The number of aromatic nitrogens is 4. The highest BCUT2D eigenvalue weighted by molar-refractivity contribution is 5.60. The highest BCUT2D eigenvalue weighted by atomic mass is 16.6. The predicted molar refractivity (Wildman–Crippen MR) is 95.7 cm³/mol. The number of hydrogen-bond acceptors (Lipinski definition) is 5. The molecule has 0 unspecified atom stereocenters. The van der Waals surface area contributed by atoms with Crippen molar-refractivity contribution in [3.05, 3.63) is 59.7 Å². The Morgan fingerprint density at radius 1 is 1.12 bits per heavy atom. The molecule has 1 fully saturated rings. The molecule has 5 rings (SSSR count). The summed E-state index contributed by atoms with van der Waals surface area (Å²) < 4.78 is 13.8. The maximum Gasteiger partial charge on any atom is 0.182 e. The van der Waals surface area contributed by atoms with Crippen LogP contribution in [-0.4, -0.2) is 31.9 Å². The lowest BCUT2D eigenvalue weighted by molar-refractivity contribution is 0.0725. The van der Waals surface area contributed by atoms with Crippen LogP contribution in [-0.2, 0) is 17.7 Å². The van der Waals surface area contributed by atoms with Crippen molar-refractivity contribution in [2.75, 3.05) is 0 Å². The molecule has 2 atom stereocenters. The second-order valence-electron chi connectivity index (χ2n) is 7.40. The Balaban J connectivity index is 1.42. The number of aryl methyl sites for hydroxylation is 2. The summed E-state index contributed by atoms with van der Waals surface area (Å²) in [5, 5.41) is 12.3. The normalized spacial score (nSPS) is 22.2. The first-order chi connectivity index (χ1) is 12.6. The fourth-order valence-corrected chi connectivity index (χ4v) is 3.66. The molecular formula is C20H20N4O2. The molecule has 0 aliphatic carbocycles. The summed E-state index contributed by atoms with van der Waals surface area (Å²) in [4.78, 5) is 0. The molecule has 0 bridgehead atoms. The maximum atomic E-state index is 6.10. The van der Waals surface area contributed by atoms with Gasteiger partial charge in [0.15, 0.2) is 5.82 Å². The van der Waals surface area contributed by atoms with Gasteiger partial charge in [-0.05, 0) is 54.5 Å². The minimum atomic E-state index is -0.281. The van der Waals surface area contributed by atoms with Crippen molar-refractivity contribution >= 4 is 0 Å². The van der Waals surface area contributed by atoms with Crippen LogP contribution in [0.2, 0.25) is 0 Å². The Hall–Kier alpha value is -2.73. The summed E-state index contributed by atoms with van der Waals surface area (Å²) >= 11 is 0. The molecule has 3 heterocycles. The smallest absolute Gasteiger partial charge is 0.182 e. The zero-order chi connectivity index (χ0) is 17.7. The minimum Gasteiger partial charge on any atom is -0.485 e. The summed E-state index contributed by atoms with van der Waals surface area (Å²) in [5.41, 5.74) is 3.06. The Morgan fingerprint density at radius 2 is 1.96 bits per heavy atom. The summed E-state index contributed by atoms with van der Waals surface area (Å²) in [7, 11) is 0. The fraction of sp³-hybridized carbons (Fsp3) is 0.350. The number of fused-ring (bicyclic) bond motifs is 3. The molecule has 0 spiro atoms. The van der Waals surface area contributed by atoms with E-state index in [0.717, 1.165) is 35.7 Å². The second-order valence-corrected chi connectivity index (χ2v) is 7.40. The first-order valence-electron chi connectivity index (χ1n) is 8.91. The third kappa shape index (κ3) is 2.57. The van der Waals surface area contributed by atoms with Crippen LogP contribution in [0.1, 0.15) is 31.1 Å². The molecule has 0 amide bonds. The van der Waals surface area contributed by atoms with Crippen molar-refractivity contribution in [2.45, 2.75) is 44.6 Å². The molecule has 0 N–H and O–H groups in total. The van der Waals surface area contributed by atoms with E-state index in [9.17, 15) is 0 Å². The summed E-state index contributed by atoms with van der Waals surface area (Å²) in [5.74, 6) is 1.66. The summed E-state index contributed by atoms with van der Waals surface area (Å²) in [6.07, 6.45) is 1.12. The molecule has 132 valence electrons. The number of benzene rings is 2. The number of nitrogens with zero attached hydrogens (tertiary/aromatic N) is 4. The van der Waals surface area contributed by atoms with Crippen LogP contribution < -0.4 is 4.74 Å². The average molecular weight is 348 g/mol.